The van der Waals surface area contributed by atoms with Gasteiger partial charge >= 0.3 is 0 Å². The van der Waals surface area contributed by atoms with Crippen molar-refractivity contribution in [3.05, 3.63) is 70.7 Å². The van der Waals surface area contributed by atoms with Crippen LogP contribution in [-0.4, -0.2) is 18.6 Å². The minimum absolute atomic E-state index is 0.0483. The van der Waals surface area contributed by atoms with Gasteiger partial charge in [-0.2, -0.15) is 0 Å². The van der Waals surface area contributed by atoms with E-state index >= 15 is 0 Å². The molecule has 1 heterocycles. The Balaban J connectivity index is 1.32. The molecular formula is C26H26ClNO3. The standard InChI is InChI=1S/C26H26ClNO3/c1-30-23-10-7-17(19-5-2-3-6-20(19)23)8-12-25(29)28-22-16-26(13-4-14-26)31-24-11-9-18(27)15-21(22)24/h2-3,5-7,9-11,15,22H,4,8,12-14,16H2,1H3,(H,28,29)/t22-/m0/s1. The highest BCUT2D eigenvalue weighted by Crippen LogP contribution is 2.49. The zero-order valence-corrected chi connectivity index (χ0v) is 18.4. The van der Waals surface area contributed by atoms with Crippen molar-refractivity contribution in [3.63, 3.8) is 0 Å². The Morgan fingerprint density at radius 1 is 1.16 bits per heavy atom. The Bertz CT molecular complexity index is 1140. The number of hydrogen-bond acceptors (Lipinski definition) is 3. The van der Waals surface area contributed by atoms with Gasteiger partial charge in [0.2, 0.25) is 5.91 Å². The molecule has 0 radical (unpaired) electrons. The molecule has 3 aromatic carbocycles. The fourth-order valence-electron chi connectivity index (χ4n) is 4.89. The summed E-state index contributed by atoms with van der Waals surface area (Å²) < 4.78 is 11.8. The summed E-state index contributed by atoms with van der Waals surface area (Å²) in [5.41, 5.74) is 2.00. The van der Waals surface area contributed by atoms with Crippen molar-refractivity contribution in [2.24, 2.45) is 0 Å². The van der Waals surface area contributed by atoms with E-state index in [1.807, 2.05) is 36.4 Å². The van der Waals surface area contributed by atoms with E-state index in [9.17, 15) is 4.79 Å². The molecule has 1 saturated carbocycles. The smallest absolute Gasteiger partial charge is 0.220 e. The minimum atomic E-state index is -0.134. The van der Waals surface area contributed by atoms with E-state index in [1.54, 1.807) is 7.11 Å². The topological polar surface area (TPSA) is 47.6 Å². The van der Waals surface area contributed by atoms with E-state index in [0.29, 0.717) is 17.9 Å². The number of ether oxygens (including phenoxy) is 2. The van der Waals surface area contributed by atoms with Crippen molar-refractivity contribution < 1.29 is 14.3 Å². The van der Waals surface area contributed by atoms with Crippen LogP contribution in [0, 0.1) is 0 Å². The Hall–Kier alpha value is -2.72. The molecule has 1 amide bonds. The lowest BCUT2D eigenvalue weighted by Crippen LogP contribution is -2.49. The van der Waals surface area contributed by atoms with Gasteiger partial charge in [-0.15, -0.1) is 0 Å². The summed E-state index contributed by atoms with van der Waals surface area (Å²) in [7, 11) is 1.68. The largest absolute Gasteiger partial charge is 0.496 e. The maximum Gasteiger partial charge on any atom is 0.220 e. The highest BCUT2D eigenvalue weighted by molar-refractivity contribution is 6.30. The molecule has 0 saturated heterocycles. The molecular weight excluding hydrogens is 410 g/mol. The zero-order valence-electron chi connectivity index (χ0n) is 17.6. The molecule has 160 valence electrons. The van der Waals surface area contributed by atoms with E-state index in [2.05, 4.69) is 23.5 Å². The lowest BCUT2D eigenvalue weighted by molar-refractivity contribution is -0.123. The summed E-state index contributed by atoms with van der Waals surface area (Å²) >= 11 is 6.24. The second kappa shape index (κ2) is 8.08. The van der Waals surface area contributed by atoms with Crippen molar-refractivity contribution >= 4 is 28.3 Å². The molecule has 0 unspecified atom stereocenters. The van der Waals surface area contributed by atoms with Gasteiger partial charge in [0.1, 0.15) is 17.1 Å². The van der Waals surface area contributed by atoms with Crippen molar-refractivity contribution in [1.82, 2.24) is 5.32 Å². The highest BCUT2D eigenvalue weighted by atomic mass is 35.5. The number of halogens is 1. The molecule has 2 aliphatic rings. The average Bonchev–Trinajstić information content (AvgIpc) is 2.76. The first kappa shape index (κ1) is 20.2. The van der Waals surface area contributed by atoms with Crippen molar-refractivity contribution in [3.8, 4) is 11.5 Å². The number of amides is 1. The molecule has 1 spiro atoms. The summed E-state index contributed by atoms with van der Waals surface area (Å²) in [6, 6.07) is 17.8. The number of carbonyl (C=O) groups is 1. The number of carbonyl (C=O) groups excluding carboxylic acids is 1. The van der Waals surface area contributed by atoms with Crippen LogP contribution in [0.3, 0.4) is 0 Å². The van der Waals surface area contributed by atoms with E-state index in [0.717, 1.165) is 52.7 Å². The van der Waals surface area contributed by atoms with Gasteiger partial charge in [0.05, 0.1) is 13.2 Å². The quantitative estimate of drug-likeness (QED) is 0.534. The van der Waals surface area contributed by atoms with Crippen LogP contribution >= 0.6 is 11.6 Å². The minimum Gasteiger partial charge on any atom is -0.496 e. The molecule has 1 N–H and O–H groups in total. The number of hydrogen-bond donors (Lipinski definition) is 1. The van der Waals surface area contributed by atoms with Gasteiger partial charge in [0.15, 0.2) is 0 Å². The molecule has 5 heteroatoms. The van der Waals surface area contributed by atoms with Crippen LogP contribution in [0.25, 0.3) is 10.8 Å². The molecule has 1 fully saturated rings. The summed E-state index contributed by atoms with van der Waals surface area (Å²) in [6.45, 7) is 0. The van der Waals surface area contributed by atoms with Gasteiger partial charge in [0, 0.05) is 28.8 Å². The summed E-state index contributed by atoms with van der Waals surface area (Å²) in [5.74, 6) is 1.75. The number of nitrogens with one attached hydrogen (secondary N) is 1. The average molecular weight is 436 g/mol. The number of benzene rings is 3. The van der Waals surface area contributed by atoms with Gasteiger partial charge < -0.3 is 14.8 Å². The Labute approximate surface area is 187 Å². The van der Waals surface area contributed by atoms with Crippen LogP contribution in [0.2, 0.25) is 5.02 Å². The fourth-order valence-corrected chi connectivity index (χ4v) is 5.07. The van der Waals surface area contributed by atoms with E-state index in [-0.39, 0.29) is 17.6 Å². The van der Waals surface area contributed by atoms with Crippen LogP contribution in [0.1, 0.15) is 49.3 Å². The maximum absolute atomic E-state index is 12.9. The van der Waals surface area contributed by atoms with Gasteiger partial charge in [-0.1, -0.05) is 41.9 Å². The fraction of sp³-hybridized carbons (Fsp3) is 0.346. The monoisotopic (exact) mass is 435 g/mol. The lowest BCUT2D eigenvalue weighted by atomic mass is 9.73. The molecule has 3 aromatic rings. The van der Waals surface area contributed by atoms with Crippen molar-refractivity contribution in [2.75, 3.05) is 7.11 Å². The van der Waals surface area contributed by atoms with E-state index in [1.165, 1.54) is 6.42 Å². The number of rotatable bonds is 5. The van der Waals surface area contributed by atoms with Crippen LogP contribution in [-0.2, 0) is 11.2 Å². The molecule has 31 heavy (non-hydrogen) atoms. The molecule has 1 aliphatic carbocycles. The van der Waals surface area contributed by atoms with Gasteiger partial charge in [-0.05, 0) is 60.9 Å². The second-order valence-electron chi connectivity index (χ2n) is 8.62. The van der Waals surface area contributed by atoms with Gasteiger partial charge in [0.25, 0.3) is 0 Å². The Morgan fingerprint density at radius 2 is 1.97 bits per heavy atom. The van der Waals surface area contributed by atoms with Crippen LogP contribution < -0.4 is 14.8 Å². The first-order valence-electron chi connectivity index (χ1n) is 10.9. The van der Waals surface area contributed by atoms with E-state index < -0.39 is 0 Å². The second-order valence-corrected chi connectivity index (χ2v) is 9.05. The predicted molar refractivity (Wildman–Crippen MR) is 123 cm³/mol. The van der Waals surface area contributed by atoms with Gasteiger partial charge in [-0.25, -0.2) is 0 Å². The lowest BCUT2D eigenvalue weighted by Gasteiger charge is -2.48. The Morgan fingerprint density at radius 3 is 2.71 bits per heavy atom. The molecule has 1 atom stereocenters. The van der Waals surface area contributed by atoms with E-state index in [4.69, 9.17) is 21.1 Å². The zero-order chi connectivity index (χ0) is 21.4. The molecule has 1 aliphatic heterocycles. The first-order chi connectivity index (χ1) is 15.1. The van der Waals surface area contributed by atoms with Gasteiger partial charge in [-0.3, -0.25) is 4.79 Å². The van der Waals surface area contributed by atoms with Crippen LogP contribution in [0.5, 0.6) is 11.5 Å². The molecule has 4 nitrogen and oxygen atoms in total. The third-order valence-electron chi connectivity index (χ3n) is 6.67. The third kappa shape index (κ3) is 3.85. The highest BCUT2D eigenvalue weighted by Gasteiger charge is 2.45. The first-order valence-corrected chi connectivity index (χ1v) is 11.3. The number of aryl methyl sites for hydroxylation is 1. The van der Waals surface area contributed by atoms with Crippen LogP contribution in [0.15, 0.2) is 54.6 Å². The molecule has 0 aromatic heterocycles. The summed E-state index contributed by atoms with van der Waals surface area (Å²) in [6.07, 6.45) is 5.16. The third-order valence-corrected chi connectivity index (χ3v) is 6.90. The maximum atomic E-state index is 12.9. The molecule has 5 rings (SSSR count). The SMILES string of the molecule is COc1ccc(CCC(=O)N[C@H]2CC3(CCC3)Oc3ccc(Cl)cc32)c2ccccc12. The predicted octanol–water partition coefficient (Wildman–Crippen LogP) is 6.00. The molecule has 0 bridgehead atoms. The van der Waals surface area contributed by atoms with Crippen molar-refractivity contribution in [1.29, 1.82) is 0 Å². The normalized spacial score (nSPS) is 18.7. The number of methoxy groups -OCH3 is 1. The Kier molecular flexibility index (Phi) is 5.27. The summed E-state index contributed by atoms with van der Waals surface area (Å²) in [4.78, 5) is 12.9. The van der Waals surface area contributed by atoms with Crippen LogP contribution in [0.4, 0.5) is 0 Å². The summed E-state index contributed by atoms with van der Waals surface area (Å²) in [5, 5.41) is 6.13. The van der Waals surface area contributed by atoms with Crippen molar-refractivity contribution in [2.45, 2.75) is 50.2 Å². The number of fused-ring (bicyclic) bond motifs is 2.